The van der Waals surface area contributed by atoms with Crippen LogP contribution >= 0.6 is 0 Å². The molecule has 3 nitrogen and oxygen atoms in total. The maximum absolute atomic E-state index is 10.3. The van der Waals surface area contributed by atoms with Gasteiger partial charge in [-0.2, -0.15) is 0 Å². The van der Waals surface area contributed by atoms with Gasteiger partial charge in [-0.3, -0.25) is 0 Å². The van der Waals surface area contributed by atoms with Crippen LogP contribution in [0.2, 0.25) is 18.1 Å². The fraction of sp³-hybridized carbons (Fsp3) is 0.667. The average Bonchev–Trinajstić information content (AvgIpc) is 2.41. The highest BCUT2D eigenvalue weighted by Gasteiger charge is 2.37. The Morgan fingerprint density at radius 2 is 1.86 bits per heavy atom. The molecule has 0 heterocycles. The smallest absolute Gasteiger partial charge is 0.188 e. The molecule has 4 heteroatoms. The first kappa shape index (κ1) is 19.2. The zero-order valence-electron chi connectivity index (χ0n) is 14.9. The molecule has 1 aromatic rings. The zero-order chi connectivity index (χ0) is 17.0. The monoisotopic (exact) mass is 324 g/mol. The molecule has 0 aliphatic carbocycles. The van der Waals surface area contributed by atoms with E-state index < -0.39 is 8.32 Å². The van der Waals surface area contributed by atoms with Crippen molar-refractivity contribution in [1.82, 2.24) is 0 Å². The number of aliphatic hydroxyl groups is 1. The predicted molar refractivity (Wildman–Crippen MR) is 94.9 cm³/mol. The topological polar surface area (TPSA) is 49.7 Å². The second kappa shape index (κ2) is 7.62. The Labute approximate surface area is 136 Å². The molecule has 0 aliphatic heterocycles. The van der Waals surface area contributed by atoms with Crippen LogP contribution in [0.4, 0.5) is 0 Å². The van der Waals surface area contributed by atoms with Crippen LogP contribution in [0.3, 0.4) is 0 Å². The van der Waals surface area contributed by atoms with Gasteiger partial charge < -0.3 is 14.6 Å². The van der Waals surface area contributed by atoms with E-state index in [9.17, 15) is 9.90 Å². The Bertz CT molecular complexity index is 476. The van der Waals surface area contributed by atoms with Gasteiger partial charge in [0, 0.05) is 0 Å². The minimum absolute atomic E-state index is 0.00974. The fourth-order valence-electron chi connectivity index (χ4n) is 2.28. The van der Waals surface area contributed by atoms with Crippen molar-refractivity contribution < 1.29 is 14.6 Å². The molecule has 1 rings (SSSR count). The molecule has 0 amide bonds. The average molecular weight is 325 g/mol. The van der Waals surface area contributed by atoms with Gasteiger partial charge in [0.25, 0.3) is 0 Å². The molecular weight excluding hydrogens is 292 g/mol. The second-order valence-corrected chi connectivity index (χ2v) is 12.1. The van der Waals surface area contributed by atoms with E-state index in [2.05, 4.69) is 27.7 Å². The minimum atomic E-state index is -2.15. The summed E-state index contributed by atoms with van der Waals surface area (Å²) in [5.74, 6) is 1.27. The van der Waals surface area contributed by atoms with Crippen molar-refractivity contribution in [3.8, 4) is 5.75 Å². The maximum atomic E-state index is 10.3. The van der Waals surface area contributed by atoms with Crippen molar-refractivity contribution >= 4 is 8.32 Å². The lowest BCUT2D eigenvalue weighted by atomic mass is 10.0. The van der Waals surface area contributed by atoms with Gasteiger partial charge in [-0.25, -0.2) is 0 Å². The van der Waals surface area contributed by atoms with Crippen LogP contribution in [0.1, 0.15) is 57.6 Å². The molecule has 0 radical (unpaired) electrons. The first-order valence-corrected chi connectivity index (χ1v) is 11.1. The summed E-state index contributed by atoms with van der Waals surface area (Å²) < 4.78 is 5.97. The molecule has 0 bridgehead atoms. The standard InChI is InChI=1S/C18H32O3Si/c1-14(2)16-9-8-15(13-19)12-17(16)21-11-7-10-18(3,4)22(5,6)20/h8-9,12,14,19-20H,7,10-11,13H2,1-6H3. The largest absolute Gasteiger partial charge is 0.493 e. The van der Waals surface area contributed by atoms with Crippen molar-refractivity contribution in [2.75, 3.05) is 6.61 Å². The number of hydrogen-bond donors (Lipinski definition) is 2. The van der Waals surface area contributed by atoms with E-state index >= 15 is 0 Å². The summed E-state index contributed by atoms with van der Waals surface area (Å²) in [6.07, 6.45) is 1.88. The van der Waals surface area contributed by atoms with Gasteiger partial charge in [0.1, 0.15) is 5.75 Å². The lowest BCUT2D eigenvalue weighted by Crippen LogP contribution is -2.39. The summed E-state index contributed by atoms with van der Waals surface area (Å²) in [5.41, 5.74) is 2.05. The minimum Gasteiger partial charge on any atom is -0.493 e. The third-order valence-electron chi connectivity index (χ3n) is 4.74. The SMILES string of the molecule is CC(C)c1ccc(CO)cc1OCCCC(C)(C)[Si](C)(C)O. The van der Waals surface area contributed by atoms with E-state index in [1.807, 2.05) is 31.3 Å². The van der Waals surface area contributed by atoms with E-state index in [4.69, 9.17) is 4.74 Å². The second-order valence-electron chi connectivity index (χ2n) is 7.58. The Morgan fingerprint density at radius 1 is 1.23 bits per heavy atom. The van der Waals surface area contributed by atoms with Crippen LogP contribution in [0.25, 0.3) is 0 Å². The lowest BCUT2D eigenvalue weighted by Gasteiger charge is -2.35. The molecule has 0 aliphatic rings. The molecule has 0 spiro atoms. The molecule has 2 N–H and O–H groups in total. The van der Waals surface area contributed by atoms with Gasteiger partial charge >= 0.3 is 0 Å². The number of benzene rings is 1. The molecule has 0 atom stereocenters. The Kier molecular flexibility index (Phi) is 6.65. The fourth-order valence-corrected chi connectivity index (χ4v) is 3.07. The quantitative estimate of drug-likeness (QED) is 0.549. The molecule has 0 aromatic heterocycles. The maximum Gasteiger partial charge on any atom is 0.188 e. The van der Waals surface area contributed by atoms with Crippen LogP contribution in [0, 0.1) is 0 Å². The third-order valence-corrected chi connectivity index (χ3v) is 8.30. The Balaban J connectivity index is 2.65. The van der Waals surface area contributed by atoms with Crippen LogP contribution in [-0.2, 0) is 6.61 Å². The third kappa shape index (κ3) is 5.11. The number of aliphatic hydroxyl groups excluding tert-OH is 1. The van der Waals surface area contributed by atoms with E-state index in [1.54, 1.807) is 0 Å². The molecule has 22 heavy (non-hydrogen) atoms. The Hall–Kier alpha value is -0.843. The highest BCUT2D eigenvalue weighted by atomic mass is 28.4. The molecular formula is C18H32O3Si. The van der Waals surface area contributed by atoms with Crippen molar-refractivity contribution in [3.05, 3.63) is 29.3 Å². The molecule has 1 aromatic carbocycles. The van der Waals surface area contributed by atoms with Crippen molar-refractivity contribution in [2.24, 2.45) is 0 Å². The number of rotatable bonds is 8. The van der Waals surface area contributed by atoms with Crippen molar-refractivity contribution in [3.63, 3.8) is 0 Å². The van der Waals surface area contributed by atoms with Crippen LogP contribution < -0.4 is 4.74 Å². The molecule has 0 saturated carbocycles. The molecule has 0 saturated heterocycles. The normalized spacial score (nSPS) is 12.8. The van der Waals surface area contributed by atoms with Crippen LogP contribution in [0.5, 0.6) is 5.75 Å². The van der Waals surface area contributed by atoms with E-state index in [-0.39, 0.29) is 11.6 Å². The van der Waals surface area contributed by atoms with Gasteiger partial charge in [0.05, 0.1) is 13.2 Å². The Morgan fingerprint density at radius 3 is 2.36 bits per heavy atom. The number of ether oxygens (including phenoxy) is 1. The number of hydrogen-bond acceptors (Lipinski definition) is 3. The van der Waals surface area contributed by atoms with Gasteiger partial charge in [-0.15, -0.1) is 0 Å². The van der Waals surface area contributed by atoms with Gasteiger partial charge in [0.15, 0.2) is 8.32 Å². The summed E-state index contributed by atoms with van der Waals surface area (Å²) in [7, 11) is -2.15. The van der Waals surface area contributed by atoms with Gasteiger partial charge in [-0.1, -0.05) is 39.8 Å². The molecule has 0 unspecified atom stereocenters. The summed E-state index contributed by atoms with van der Waals surface area (Å²) in [5, 5.41) is 9.27. The highest BCUT2D eigenvalue weighted by Crippen LogP contribution is 2.39. The first-order chi connectivity index (χ1) is 10.1. The molecule has 126 valence electrons. The predicted octanol–water partition coefficient (Wildman–Crippen LogP) is 4.44. The van der Waals surface area contributed by atoms with Crippen molar-refractivity contribution in [2.45, 2.75) is 71.2 Å². The zero-order valence-corrected chi connectivity index (χ0v) is 15.9. The lowest BCUT2D eigenvalue weighted by molar-refractivity contribution is 0.275. The molecule has 0 fully saturated rings. The van der Waals surface area contributed by atoms with E-state index in [0.29, 0.717) is 12.5 Å². The van der Waals surface area contributed by atoms with E-state index in [0.717, 1.165) is 24.2 Å². The summed E-state index contributed by atoms with van der Waals surface area (Å²) in [6, 6.07) is 5.93. The highest BCUT2D eigenvalue weighted by molar-refractivity contribution is 6.72. The van der Waals surface area contributed by atoms with E-state index in [1.165, 1.54) is 5.56 Å². The van der Waals surface area contributed by atoms with Gasteiger partial charge in [0.2, 0.25) is 0 Å². The summed E-state index contributed by atoms with van der Waals surface area (Å²) in [4.78, 5) is 10.3. The van der Waals surface area contributed by atoms with Crippen LogP contribution in [0.15, 0.2) is 18.2 Å². The summed E-state index contributed by atoms with van der Waals surface area (Å²) >= 11 is 0. The van der Waals surface area contributed by atoms with Crippen molar-refractivity contribution in [1.29, 1.82) is 0 Å². The van der Waals surface area contributed by atoms with Gasteiger partial charge in [-0.05, 0) is 54.1 Å². The summed E-state index contributed by atoms with van der Waals surface area (Å²) in [6.45, 7) is 13.2. The van der Waals surface area contributed by atoms with Crippen LogP contribution in [-0.4, -0.2) is 24.8 Å². The first-order valence-electron chi connectivity index (χ1n) is 8.17.